The molecule has 230 valence electrons. The van der Waals surface area contributed by atoms with E-state index in [4.69, 9.17) is 14.1 Å². The molecule has 0 aliphatic heterocycles. The van der Waals surface area contributed by atoms with E-state index in [0.717, 1.165) is 46.7 Å². The molecule has 0 unspecified atom stereocenters. The number of aryl methyl sites for hydroxylation is 1. The molecule has 4 aromatic carbocycles. The number of ether oxygens (including phenoxy) is 1. The molecule has 0 spiro atoms. The van der Waals surface area contributed by atoms with Gasteiger partial charge >= 0.3 is 0 Å². The first-order valence-electron chi connectivity index (χ1n) is 15.4. The molecule has 1 aliphatic rings. The molecule has 1 aliphatic carbocycles. The minimum atomic E-state index is -0.367. The largest absolute Gasteiger partial charge is 0.497 e. The number of fused-ring (bicyclic) bond motifs is 1. The first-order valence-corrected chi connectivity index (χ1v) is 15.4. The Labute approximate surface area is 265 Å². The van der Waals surface area contributed by atoms with Crippen molar-refractivity contribution in [2.75, 3.05) is 7.11 Å². The average Bonchev–Trinajstić information content (AvgIpc) is 3.50. The van der Waals surface area contributed by atoms with E-state index in [1.165, 1.54) is 12.1 Å². The number of ketones is 2. The Morgan fingerprint density at radius 1 is 0.935 bits per heavy atom. The molecule has 8 heteroatoms. The van der Waals surface area contributed by atoms with Crippen molar-refractivity contribution in [3.63, 3.8) is 0 Å². The van der Waals surface area contributed by atoms with Gasteiger partial charge in [0.1, 0.15) is 28.7 Å². The Bertz CT molecular complexity index is 2120. The first-order chi connectivity index (χ1) is 22.3. The average molecular weight is 614 g/mol. The van der Waals surface area contributed by atoms with E-state index in [1.807, 2.05) is 74.5 Å². The second-order valence-electron chi connectivity index (χ2n) is 12.0. The summed E-state index contributed by atoms with van der Waals surface area (Å²) in [7, 11) is 1.62. The summed E-state index contributed by atoms with van der Waals surface area (Å²) in [4.78, 5) is 31.7. The van der Waals surface area contributed by atoms with E-state index in [0.29, 0.717) is 52.1 Å². The van der Waals surface area contributed by atoms with Crippen molar-refractivity contribution in [2.24, 2.45) is 0 Å². The highest BCUT2D eigenvalue weighted by molar-refractivity contribution is 6.12. The summed E-state index contributed by atoms with van der Waals surface area (Å²) in [5.41, 5.74) is 5.55. The molecule has 0 saturated heterocycles. The van der Waals surface area contributed by atoms with Crippen LogP contribution in [0.25, 0.3) is 44.8 Å². The third-order valence-electron chi connectivity index (χ3n) is 8.93. The second kappa shape index (κ2) is 11.5. The number of hydrogen-bond acceptors (Lipinski definition) is 6. The number of carbonyl (C=O) groups excluding carboxylic acids is 2. The van der Waals surface area contributed by atoms with E-state index < -0.39 is 0 Å². The molecule has 1 fully saturated rings. The highest BCUT2D eigenvalue weighted by Gasteiger charge is 2.49. The van der Waals surface area contributed by atoms with Gasteiger partial charge in [0.2, 0.25) is 0 Å². The van der Waals surface area contributed by atoms with Crippen molar-refractivity contribution in [1.29, 1.82) is 0 Å². The summed E-state index contributed by atoms with van der Waals surface area (Å²) in [6.45, 7) is 3.81. The maximum Gasteiger partial charge on any atom is 0.181 e. The van der Waals surface area contributed by atoms with Crippen molar-refractivity contribution in [1.82, 2.24) is 15.2 Å². The van der Waals surface area contributed by atoms with Crippen LogP contribution in [0.4, 0.5) is 4.39 Å². The summed E-state index contributed by atoms with van der Waals surface area (Å²) in [5, 5.41) is 8.22. The Morgan fingerprint density at radius 2 is 1.72 bits per heavy atom. The van der Waals surface area contributed by atoms with Gasteiger partial charge in [0.05, 0.1) is 12.7 Å². The van der Waals surface area contributed by atoms with Gasteiger partial charge < -0.3 is 9.15 Å². The Hall–Kier alpha value is -5.37. The Kier molecular flexibility index (Phi) is 7.35. The van der Waals surface area contributed by atoms with Crippen LogP contribution in [0, 0.1) is 12.7 Å². The first kappa shape index (κ1) is 29.3. The molecule has 6 aromatic rings. The molecule has 46 heavy (non-hydrogen) atoms. The van der Waals surface area contributed by atoms with Gasteiger partial charge in [0, 0.05) is 40.3 Å². The number of halogens is 1. The van der Waals surface area contributed by atoms with Gasteiger partial charge in [-0.1, -0.05) is 37.3 Å². The smallest absolute Gasteiger partial charge is 0.181 e. The van der Waals surface area contributed by atoms with Gasteiger partial charge in [-0.2, -0.15) is 5.10 Å². The van der Waals surface area contributed by atoms with Crippen LogP contribution in [0.15, 0.2) is 89.3 Å². The fourth-order valence-corrected chi connectivity index (χ4v) is 6.08. The predicted octanol–water partition coefficient (Wildman–Crippen LogP) is 8.91. The molecule has 1 N–H and O–H groups in total. The number of nitrogens with one attached hydrogen (secondary N) is 1. The summed E-state index contributed by atoms with van der Waals surface area (Å²) in [6.07, 6.45) is 2.32. The third kappa shape index (κ3) is 5.30. The molecule has 2 aromatic heterocycles. The van der Waals surface area contributed by atoms with Crippen LogP contribution in [-0.4, -0.2) is 33.9 Å². The minimum absolute atomic E-state index is 0.0305. The SMILES string of the molecule is CCC(=O)c1c(-c2ccc(F)cc2)oc2ccc(-c3cc(C(=O)CC4(c5nc(-c6cccc(OC)c6)n[nH]5)CC4)ccc3C)cc12. The molecular weight excluding hydrogens is 581 g/mol. The molecule has 7 nitrogen and oxygen atoms in total. The van der Waals surface area contributed by atoms with Crippen LogP contribution in [0.5, 0.6) is 5.75 Å². The number of furan rings is 1. The van der Waals surface area contributed by atoms with Crippen LogP contribution in [-0.2, 0) is 5.41 Å². The summed E-state index contributed by atoms with van der Waals surface area (Å²) >= 11 is 0. The molecule has 0 radical (unpaired) electrons. The zero-order valence-corrected chi connectivity index (χ0v) is 25.8. The Morgan fingerprint density at radius 3 is 2.46 bits per heavy atom. The van der Waals surface area contributed by atoms with Crippen molar-refractivity contribution in [3.8, 4) is 39.6 Å². The zero-order valence-electron chi connectivity index (χ0n) is 25.8. The van der Waals surface area contributed by atoms with Gasteiger partial charge in [0.15, 0.2) is 17.4 Å². The van der Waals surface area contributed by atoms with Crippen molar-refractivity contribution >= 4 is 22.5 Å². The highest BCUT2D eigenvalue weighted by atomic mass is 19.1. The number of carbonyl (C=O) groups is 2. The van der Waals surface area contributed by atoms with Crippen molar-refractivity contribution < 1.29 is 23.1 Å². The van der Waals surface area contributed by atoms with E-state index in [-0.39, 0.29) is 22.8 Å². The zero-order chi connectivity index (χ0) is 32.0. The van der Waals surface area contributed by atoms with Gasteiger partial charge in [-0.25, -0.2) is 9.37 Å². The molecule has 1 saturated carbocycles. The van der Waals surface area contributed by atoms with Crippen LogP contribution in [0.2, 0.25) is 0 Å². The summed E-state index contributed by atoms with van der Waals surface area (Å²) in [6, 6.07) is 25.0. The molecule has 2 heterocycles. The number of hydrogen-bond donors (Lipinski definition) is 1. The number of benzene rings is 4. The maximum absolute atomic E-state index is 13.7. The third-order valence-corrected chi connectivity index (χ3v) is 8.93. The van der Waals surface area contributed by atoms with E-state index in [2.05, 4.69) is 10.2 Å². The van der Waals surface area contributed by atoms with E-state index >= 15 is 0 Å². The lowest BCUT2D eigenvalue weighted by molar-refractivity contribution is 0.0965. The topological polar surface area (TPSA) is 98.1 Å². The monoisotopic (exact) mass is 613 g/mol. The number of rotatable bonds is 10. The summed E-state index contributed by atoms with van der Waals surface area (Å²) < 4.78 is 25.1. The number of Topliss-reactive ketones (excluding diaryl/α,β-unsaturated/α-hetero) is 2. The number of aromatic amines is 1. The molecule has 0 amide bonds. The lowest BCUT2D eigenvalue weighted by Crippen LogP contribution is -2.15. The van der Waals surface area contributed by atoms with Crippen molar-refractivity contribution in [3.05, 3.63) is 113 Å². The Balaban J connectivity index is 1.19. The number of H-pyrrole nitrogens is 1. The van der Waals surface area contributed by atoms with Gasteiger partial charge in [-0.05, 0) is 91.1 Å². The minimum Gasteiger partial charge on any atom is -0.497 e. The van der Waals surface area contributed by atoms with Crippen LogP contribution in [0.3, 0.4) is 0 Å². The lowest BCUT2D eigenvalue weighted by atomic mass is 9.91. The predicted molar refractivity (Wildman–Crippen MR) is 175 cm³/mol. The summed E-state index contributed by atoms with van der Waals surface area (Å²) in [5.74, 6) is 2.06. The van der Waals surface area contributed by atoms with Crippen LogP contribution < -0.4 is 4.74 Å². The highest BCUT2D eigenvalue weighted by Crippen LogP contribution is 2.50. The number of nitrogens with zero attached hydrogens (tertiary/aromatic N) is 2. The number of methoxy groups -OCH3 is 1. The molecule has 7 rings (SSSR count). The standard InChI is InChI=1S/C38H32FN3O4/c1-4-31(43)34-30-19-24(12-15-33(30)46-35(34)23-10-13-27(39)14-11-23)29-20-25(9-8-22(29)2)32(44)21-38(16-17-38)37-40-36(41-42-37)26-6-5-7-28(18-26)45-3/h5-15,18-20H,4,16-17,21H2,1-3H3,(H,40,41,42). The fourth-order valence-electron chi connectivity index (χ4n) is 6.08. The van der Waals surface area contributed by atoms with Crippen LogP contribution >= 0.6 is 0 Å². The molecule has 0 atom stereocenters. The van der Waals surface area contributed by atoms with Crippen LogP contribution in [0.1, 0.15) is 64.7 Å². The van der Waals surface area contributed by atoms with Crippen molar-refractivity contribution in [2.45, 2.75) is 44.9 Å². The van der Waals surface area contributed by atoms with Gasteiger partial charge in [-0.3, -0.25) is 14.7 Å². The second-order valence-corrected chi connectivity index (χ2v) is 12.0. The number of aromatic nitrogens is 3. The van der Waals surface area contributed by atoms with Gasteiger partial charge in [0.25, 0.3) is 0 Å². The maximum atomic E-state index is 13.7. The molecule has 0 bridgehead atoms. The normalized spacial score (nSPS) is 13.6. The van der Waals surface area contributed by atoms with E-state index in [9.17, 15) is 14.0 Å². The molecular formula is C38H32FN3O4. The lowest BCUT2D eigenvalue weighted by Gasteiger charge is -2.13. The van der Waals surface area contributed by atoms with E-state index in [1.54, 1.807) is 19.2 Å². The van der Waals surface area contributed by atoms with Gasteiger partial charge in [-0.15, -0.1) is 0 Å². The quantitative estimate of drug-likeness (QED) is 0.155. The fraction of sp³-hybridized carbons (Fsp3) is 0.211.